The molecule has 2 rings (SSSR count). The van der Waals surface area contributed by atoms with Crippen LogP contribution in [0.3, 0.4) is 0 Å². The van der Waals surface area contributed by atoms with Crippen LogP contribution in [0.2, 0.25) is 0 Å². The fourth-order valence-corrected chi connectivity index (χ4v) is 2.74. The van der Waals surface area contributed by atoms with E-state index in [4.69, 9.17) is 4.74 Å². The summed E-state index contributed by atoms with van der Waals surface area (Å²) in [5.41, 5.74) is 0. The van der Waals surface area contributed by atoms with E-state index in [-0.39, 0.29) is 12.5 Å². The molecule has 104 valence electrons. The van der Waals surface area contributed by atoms with E-state index in [0.29, 0.717) is 5.92 Å². The first-order valence-corrected chi connectivity index (χ1v) is 7.97. The third-order valence-corrected chi connectivity index (χ3v) is 4.22. The number of benzene rings is 1. The molecule has 1 N–H and O–H groups in total. The van der Waals surface area contributed by atoms with Crippen molar-refractivity contribution in [3.05, 3.63) is 27.8 Å². The Morgan fingerprint density at radius 2 is 1.89 bits per heavy atom. The Labute approximate surface area is 128 Å². The number of ether oxygens (including phenoxy) is 1. The zero-order valence-corrected chi connectivity index (χ0v) is 13.2. The lowest BCUT2D eigenvalue weighted by molar-refractivity contribution is -0.123. The molecule has 0 spiro atoms. The van der Waals surface area contributed by atoms with Crippen LogP contribution in [0.25, 0.3) is 0 Å². The van der Waals surface area contributed by atoms with E-state index in [1.54, 1.807) is 0 Å². The number of rotatable bonds is 5. The van der Waals surface area contributed by atoms with Crippen molar-refractivity contribution in [1.29, 1.82) is 0 Å². The van der Waals surface area contributed by atoms with Gasteiger partial charge in [0.05, 0.1) is 0 Å². The van der Waals surface area contributed by atoms with E-state index in [0.717, 1.165) is 15.9 Å². The molecule has 0 saturated heterocycles. The van der Waals surface area contributed by atoms with Crippen molar-refractivity contribution >= 4 is 28.5 Å². The molecule has 1 aromatic rings. The van der Waals surface area contributed by atoms with Crippen LogP contribution < -0.4 is 10.1 Å². The van der Waals surface area contributed by atoms with Crippen molar-refractivity contribution in [2.75, 3.05) is 13.2 Å². The molecule has 19 heavy (non-hydrogen) atoms. The van der Waals surface area contributed by atoms with Gasteiger partial charge in [0.1, 0.15) is 5.75 Å². The van der Waals surface area contributed by atoms with Gasteiger partial charge in [-0.1, -0.05) is 19.3 Å². The van der Waals surface area contributed by atoms with Crippen LogP contribution in [-0.2, 0) is 4.79 Å². The molecular formula is C15H20INO2. The summed E-state index contributed by atoms with van der Waals surface area (Å²) in [6, 6.07) is 7.71. The Balaban J connectivity index is 1.65. The van der Waals surface area contributed by atoms with Gasteiger partial charge >= 0.3 is 0 Å². The van der Waals surface area contributed by atoms with Crippen LogP contribution in [0.15, 0.2) is 24.3 Å². The Kier molecular flexibility index (Phi) is 5.94. The smallest absolute Gasteiger partial charge is 0.257 e. The molecule has 1 aliphatic rings. The normalized spacial score (nSPS) is 16.1. The number of hydrogen-bond acceptors (Lipinski definition) is 2. The molecular weight excluding hydrogens is 353 g/mol. The fraction of sp³-hybridized carbons (Fsp3) is 0.533. The van der Waals surface area contributed by atoms with E-state index < -0.39 is 0 Å². The van der Waals surface area contributed by atoms with Gasteiger partial charge in [-0.05, 0) is 65.6 Å². The minimum atomic E-state index is -0.0240. The number of carbonyl (C=O) groups is 1. The Bertz CT molecular complexity index is 399. The average Bonchev–Trinajstić information content (AvgIpc) is 2.45. The largest absolute Gasteiger partial charge is 0.484 e. The zero-order chi connectivity index (χ0) is 13.5. The van der Waals surface area contributed by atoms with Crippen LogP contribution in [0.5, 0.6) is 5.75 Å². The first-order valence-electron chi connectivity index (χ1n) is 6.89. The maximum atomic E-state index is 11.7. The molecule has 1 amide bonds. The third-order valence-electron chi connectivity index (χ3n) is 3.50. The van der Waals surface area contributed by atoms with Crippen molar-refractivity contribution in [3.63, 3.8) is 0 Å². The number of hydrogen-bond donors (Lipinski definition) is 1. The molecule has 0 aromatic heterocycles. The molecule has 0 unspecified atom stereocenters. The zero-order valence-electron chi connectivity index (χ0n) is 11.0. The molecule has 4 heteroatoms. The molecule has 1 aliphatic carbocycles. The number of carbonyl (C=O) groups excluding carboxylic acids is 1. The van der Waals surface area contributed by atoms with Crippen LogP contribution in [0.4, 0.5) is 0 Å². The molecule has 0 radical (unpaired) electrons. The highest BCUT2D eigenvalue weighted by molar-refractivity contribution is 14.1. The topological polar surface area (TPSA) is 38.3 Å². The lowest BCUT2D eigenvalue weighted by atomic mass is 9.89. The lowest BCUT2D eigenvalue weighted by Gasteiger charge is -2.21. The summed E-state index contributed by atoms with van der Waals surface area (Å²) in [7, 11) is 0. The van der Waals surface area contributed by atoms with Crippen LogP contribution in [-0.4, -0.2) is 19.1 Å². The molecule has 3 nitrogen and oxygen atoms in total. The summed E-state index contributed by atoms with van der Waals surface area (Å²) in [5.74, 6) is 1.38. The van der Waals surface area contributed by atoms with Gasteiger partial charge in [-0.25, -0.2) is 0 Å². The maximum absolute atomic E-state index is 11.7. The van der Waals surface area contributed by atoms with Gasteiger partial charge < -0.3 is 10.1 Å². The van der Waals surface area contributed by atoms with Crippen molar-refractivity contribution in [3.8, 4) is 5.75 Å². The fourth-order valence-electron chi connectivity index (χ4n) is 2.38. The van der Waals surface area contributed by atoms with Crippen molar-refractivity contribution < 1.29 is 9.53 Å². The van der Waals surface area contributed by atoms with Crippen LogP contribution >= 0.6 is 22.6 Å². The highest BCUT2D eigenvalue weighted by atomic mass is 127. The van der Waals surface area contributed by atoms with Crippen molar-refractivity contribution in [2.24, 2.45) is 5.92 Å². The van der Waals surface area contributed by atoms with Gasteiger partial charge in [-0.15, -0.1) is 0 Å². The average molecular weight is 373 g/mol. The van der Waals surface area contributed by atoms with Gasteiger partial charge in [0, 0.05) is 10.1 Å². The monoisotopic (exact) mass is 373 g/mol. The first-order chi connectivity index (χ1) is 9.24. The molecule has 0 aliphatic heterocycles. The summed E-state index contributed by atoms with van der Waals surface area (Å²) in [4.78, 5) is 11.7. The highest BCUT2D eigenvalue weighted by Crippen LogP contribution is 2.22. The molecule has 1 saturated carbocycles. The van der Waals surface area contributed by atoms with Crippen LogP contribution in [0.1, 0.15) is 32.1 Å². The van der Waals surface area contributed by atoms with Crippen molar-refractivity contribution in [1.82, 2.24) is 5.32 Å². The predicted octanol–water partition coefficient (Wildman–Crippen LogP) is 3.37. The molecule has 1 fully saturated rings. The maximum Gasteiger partial charge on any atom is 0.257 e. The number of amides is 1. The minimum absolute atomic E-state index is 0.0240. The van der Waals surface area contributed by atoms with Gasteiger partial charge in [0.25, 0.3) is 5.91 Å². The van der Waals surface area contributed by atoms with Crippen LogP contribution in [0, 0.1) is 9.49 Å². The van der Waals surface area contributed by atoms with Gasteiger partial charge in [-0.2, -0.15) is 0 Å². The standard InChI is InChI=1S/C15H20INO2/c16-13-6-8-14(9-7-13)19-11-15(18)17-10-12-4-2-1-3-5-12/h6-9,12H,1-5,10-11H2,(H,17,18). The second kappa shape index (κ2) is 7.72. The first kappa shape index (κ1) is 14.6. The second-order valence-corrected chi connectivity index (χ2v) is 6.30. The Morgan fingerprint density at radius 3 is 2.58 bits per heavy atom. The van der Waals surface area contributed by atoms with E-state index >= 15 is 0 Å². The SMILES string of the molecule is O=C(COc1ccc(I)cc1)NCC1CCCCC1. The highest BCUT2D eigenvalue weighted by Gasteiger charge is 2.14. The summed E-state index contributed by atoms with van der Waals surface area (Å²) in [6.45, 7) is 0.905. The molecule has 0 bridgehead atoms. The van der Waals surface area contributed by atoms with Crippen molar-refractivity contribution in [2.45, 2.75) is 32.1 Å². The predicted molar refractivity (Wildman–Crippen MR) is 84.2 cm³/mol. The molecule has 0 atom stereocenters. The van der Waals surface area contributed by atoms with E-state index in [1.165, 1.54) is 32.1 Å². The number of nitrogens with one attached hydrogen (secondary N) is 1. The van der Waals surface area contributed by atoms with Gasteiger partial charge in [0.15, 0.2) is 6.61 Å². The van der Waals surface area contributed by atoms with E-state index in [1.807, 2.05) is 24.3 Å². The van der Waals surface area contributed by atoms with Gasteiger partial charge in [-0.3, -0.25) is 4.79 Å². The third kappa shape index (κ3) is 5.38. The van der Waals surface area contributed by atoms with E-state index in [9.17, 15) is 4.79 Å². The quantitative estimate of drug-likeness (QED) is 0.804. The second-order valence-electron chi connectivity index (χ2n) is 5.05. The summed E-state index contributed by atoms with van der Waals surface area (Å²) < 4.78 is 6.61. The van der Waals surface area contributed by atoms with Gasteiger partial charge in [0.2, 0.25) is 0 Å². The lowest BCUT2D eigenvalue weighted by Crippen LogP contribution is -2.33. The summed E-state index contributed by atoms with van der Waals surface area (Å²) >= 11 is 2.24. The van der Waals surface area contributed by atoms with E-state index in [2.05, 4.69) is 27.9 Å². The summed E-state index contributed by atoms with van der Waals surface area (Å²) in [6.07, 6.45) is 6.45. The molecule has 0 heterocycles. The Morgan fingerprint density at radius 1 is 1.21 bits per heavy atom. The summed E-state index contributed by atoms with van der Waals surface area (Å²) in [5, 5.41) is 2.97. The molecule has 1 aromatic carbocycles. The number of halogens is 1. The minimum Gasteiger partial charge on any atom is -0.484 e. The Hall–Kier alpha value is -0.780.